The summed E-state index contributed by atoms with van der Waals surface area (Å²) in [5, 5.41) is 11.3. The molecular formula is C22H13NO6. The minimum Gasteiger partial charge on any atom is -0.422 e. The Hall–Kier alpha value is -4.26. The topological polar surface area (TPSA) is 99.7 Å². The lowest BCUT2D eigenvalue weighted by atomic mass is 10.0. The predicted octanol–water partition coefficient (Wildman–Crippen LogP) is 4.59. The van der Waals surface area contributed by atoms with Gasteiger partial charge in [-0.2, -0.15) is 0 Å². The molecule has 4 aromatic rings. The van der Waals surface area contributed by atoms with Crippen molar-refractivity contribution in [1.29, 1.82) is 0 Å². The Bertz CT molecular complexity index is 1280. The molecule has 0 saturated carbocycles. The summed E-state index contributed by atoms with van der Waals surface area (Å²) in [5.74, 6) is -0.667. The number of nitrogens with zero attached hydrogens (tertiary/aromatic N) is 1. The molecule has 1 aromatic heterocycles. The van der Waals surface area contributed by atoms with Crippen molar-refractivity contribution in [1.82, 2.24) is 0 Å². The van der Waals surface area contributed by atoms with Crippen LogP contribution in [-0.2, 0) is 0 Å². The third-order valence-corrected chi connectivity index (χ3v) is 4.34. The lowest BCUT2D eigenvalue weighted by molar-refractivity contribution is -0.384. The lowest BCUT2D eigenvalue weighted by Crippen LogP contribution is -2.13. The highest BCUT2D eigenvalue weighted by atomic mass is 16.6. The van der Waals surface area contributed by atoms with Crippen LogP contribution in [0.2, 0.25) is 0 Å². The average molecular weight is 387 g/mol. The fourth-order valence-electron chi connectivity index (χ4n) is 2.95. The van der Waals surface area contributed by atoms with Crippen LogP contribution in [0.4, 0.5) is 5.69 Å². The molecule has 29 heavy (non-hydrogen) atoms. The van der Waals surface area contributed by atoms with Crippen molar-refractivity contribution in [3.8, 4) is 16.9 Å². The van der Waals surface area contributed by atoms with Crippen LogP contribution in [0.15, 0.2) is 88.1 Å². The molecule has 7 nitrogen and oxygen atoms in total. The molecular weight excluding hydrogens is 374 g/mol. The van der Waals surface area contributed by atoms with Crippen molar-refractivity contribution < 1.29 is 18.9 Å². The monoisotopic (exact) mass is 387 g/mol. The van der Waals surface area contributed by atoms with Gasteiger partial charge in [0.25, 0.3) is 5.69 Å². The second-order valence-corrected chi connectivity index (χ2v) is 6.15. The SMILES string of the molecule is O=C(Oc1c(-c2ccccc2)c(=O)oc2ccccc12)c1ccc([N+](=O)[O-])cc1. The van der Waals surface area contributed by atoms with Gasteiger partial charge in [-0.1, -0.05) is 42.5 Å². The van der Waals surface area contributed by atoms with E-state index in [1.54, 1.807) is 54.6 Å². The summed E-state index contributed by atoms with van der Waals surface area (Å²) in [6, 6.07) is 20.5. The zero-order valence-corrected chi connectivity index (χ0v) is 14.9. The second-order valence-electron chi connectivity index (χ2n) is 6.15. The van der Waals surface area contributed by atoms with Gasteiger partial charge in [-0.25, -0.2) is 9.59 Å². The Balaban J connectivity index is 1.84. The number of hydrogen-bond acceptors (Lipinski definition) is 6. The molecule has 4 rings (SSSR count). The molecule has 0 unspecified atom stereocenters. The molecule has 142 valence electrons. The third-order valence-electron chi connectivity index (χ3n) is 4.34. The summed E-state index contributed by atoms with van der Waals surface area (Å²) in [6.07, 6.45) is 0. The maximum atomic E-state index is 12.7. The van der Waals surface area contributed by atoms with E-state index in [1.807, 2.05) is 0 Å². The number of rotatable bonds is 4. The third kappa shape index (κ3) is 3.49. The van der Waals surface area contributed by atoms with Crippen LogP contribution in [-0.4, -0.2) is 10.9 Å². The molecule has 0 radical (unpaired) electrons. The maximum Gasteiger partial charge on any atom is 0.348 e. The lowest BCUT2D eigenvalue weighted by Gasteiger charge is -2.12. The Morgan fingerprint density at radius 1 is 0.897 bits per heavy atom. The smallest absolute Gasteiger partial charge is 0.348 e. The van der Waals surface area contributed by atoms with Gasteiger partial charge in [-0.15, -0.1) is 0 Å². The summed E-state index contributed by atoms with van der Waals surface area (Å²) >= 11 is 0. The van der Waals surface area contributed by atoms with E-state index in [4.69, 9.17) is 9.15 Å². The van der Waals surface area contributed by atoms with Gasteiger partial charge < -0.3 is 9.15 Å². The Morgan fingerprint density at radius 2 is 1.55 bits per heavy atom. The highest BCUT2D eigenvalue weighted by Gasteiger charge is 2.21. The fraction of sp³-hybridized carbons (Fsp3) is 0. The zero-order chi connectivity index (χ0) is 20.4. The summed E-state index contributed by atoms with van der Waals surface area (Å²) in [5.41, 5.74) is 0.285. The van der Waals surface area contributed by atoms with Crippen molar-refractivity contribution in [2.24, 2.45) is 0 Å². The highest BCUT2D eigenvalue weighted by molar-refractivity contribution is 5.97. The summed E-state index contributed by atoms with van der Waals surface area (Å²) in [4.78, 5) is 35.6. The molecule has 0 fully saturated rings. The van der Waals surface area contributed by atoms with E-state index < -0.39 is 16.5 Å². The maximum absolute atomic E-state index is 12.7. The fourth-order valence-corrected chi connectivity index (χ4v) is 2.95. The first kappa shape index (κ1) is 18.1. The van der Waals surface area contributed by atoms with E-state index >= 15 is 0 Å². The Labute approximate surface area is 163 Å². The number of carbonyl (C=O) groups excluding carboxylic acids is 1. The summed E-state index contributed by atoms with van der Waals surface area (Å²) in [7, 11) is 0. The van der Waals surface area contributed by atoms with Gasteiger partial charge in [0.2, 0.25) is 0 Å². The van der Waals surface area contributed by atoms with E-state index in [0.29, 0.717) is 10.9 Å². The van der Waals surface area contributed by atoms with E-state index in [2.05, 4.69) is 0 Å². The van der Waals surface area contributed by atoms with E-state index in [1.165, 1.54) is 24.3 Å². The minimum atomic E-state index is -0.743. The van der Waals surface area contributed by atoms with Gasteiger partial charge in [0.15, 0.2) is 5.75 Å². The van der Waals surface area contributed by atoms with Gasteiger partial charge in [-0.3, -0.25) is 10.1 Å². The zero-order valence-electron chi connectivity index (χ0n) is 14.9. The van der Waals surface area contributed by atoms with Gasteiger partial charge in [0, 0.05) is 12.1 Å². The first-order chi connectivity index (χ1) is 14.0. The van der Waals surface area contributed by atoms with Crippen LogP contribution >= 0.6 is 0 Å². The number of nitro benzene ring substituents is 1. The summed E-state index contributed by atoms with van der Waals surface area (Å²) in [6.45, 7) is 0. The molecule has 0 bridgehead atoms. The molecule has 0 N–H and O–H groups in total. The molecule has 1 heterocycles. The largest absolute Gasteiger partial charge is 0.422 e. The van der Waals surface area contributed by atoms with Gasteiger partial charge in [0.05, 0.1) is 15.9 Å². The first-order valence-electron chi connectivity index (χ1n) is 8.62. The van der Waals surface area contributed by atoms with Crippen molar-refractivity contribution in [3.63, 3.8) is 0 Å². The first-order valence-corrected chi connectivity index (χ1v) is 8.62. The van der Waals surface area contributed by atoms with Crippen LogP contribution in [0.5, 0.6) is 5.75 Å². The van der Waals surface area contributed by atoms with Gasteiger partial charge in [0.1, 0.15) is 11.1 Å². The van der Waals surface area contributed by atoms with E-state index in [0.717, 1.165) is 0 Å². The van der Waals surface area contributed by atoms with E-state index in [-0.39, 0.29) is 28.1 Å². The number of hydrogen-bond donors (Lipinski definition) is 0. The molecule has 7 heteroatoms. The van der Waals surface area contributed by atoms with Crippen LogP contribution in [0.1, 0.15) is 10.4 Å². The van der Waals surface area contributed by atoms with Crippen LogP contribution in [0.3, 0.4) is 0 Å². The number of fused-ring (bicyclic) bond motifs is 1. The Morgan fingerprint density at radius 3 is 2.24 bits per heavy atom. The second kappa shape index (κ2) is 7.40. The van der Waals surface area contributed by atoms with Crippen molar-refractivity contribution in [2.75, 3.05) is 0 Å². The number of para-hydroxylation sites is 1. The molecule has 0 spiro atoms. The van der Waals surface area contributed by atoms with Crippen molar-refractivity contribution >= 4 is 22.6 Å². The molecule has 0 aliphatic rings. The quantitative estimate of drug-likeness (QED) is 0.220. The summed E-state index contributed by atoms with van der Waals surface area (Å²) < 4.78 is 11.0. The molecule has 0 aliphatic carbocycles. The molecule has 0 atom stereocenters. The number of ether oxygens (including phenoxy) is 1. The average Bonchev–Trinajstić information content (AvgIpc) is 2.74. The number of carbonyl (C=O) groups is 1. The number of benzene rings is 3. The van der Waals surface area contributed by atoms with Gasteiger partial charge >= 0.3 is 11.6 Å². The normalized spacial score (nSPS) is 10.6. The van der Waals surface area contributed by atoms with Crippen LogP contribution < -0.4 is 10.4 Å². The predicted molar refractivity (Wildman–Crippen MR) is 106 cm³/mol. The number of esters is 1. The highest BCUT2D eigenvalue weighted by Crippen LogP contribution is 2.34. The van der Waals surface area contributed by atoms with E-state index in [9.17, 15) is 19.7 Å². The van der Waals surface area contributed by atoms with Crippen molar-refractivity contribution in [3.05, 3.63) is 105 Å². The minimum absolute atomic E-state index is 0.0754. The number of non-ortho nitro benzene ring substituents is 1. The Kier molecular flexibility index (Phi) is 4.62. The van der Waals surface area contributed by atoms with Crippen molar-refractivity contribution in [2.45, 2.75) is 0 Å². The molecule has 0 amide bonds. The van der Waals surface area contributed by atoms with Gasteiger partial charge in [-0.05, 0) is 29.8 Å². The standard InChI is InChI=1S/C22H13NO6/c24-21(15-10-12-16(13-11-15)23(26)27)29-20-17-8-4-5-9-18(17)28-22(25)19(20)14-6-2-1-3-7-14/h1-13H. The molecule has 0 saturated heterocycles. The van der Waals surface area contributed by atoms with Crippen LogP contribution in [0.25, 0.3) is 22.1 Å². The molecule has 3 aromatic carbocycles. The van der Waals surface area contributed by atoms with Crippen LogP contribution in [0, 0.1) is 10.1 Å². The molecule has 0 aliphatic heterocycles. The number of nitro groups is 1.